The normalized spacial score (nSPS) is 11.8. The number of rotatable bonds is 6. The van der Waals surface area contributed by atoms with Crippen molar-refractivity contribution in [1.82, 2.24) is 15.3 Å². The van der Waals surface area contributed by atoms with Crippen LogP contribution in [0.5, 0.6) is 0 Å². The molecule has 0 amide bonds. The minimum absolute atomic E-state index is 0.234. The molecule has 0 aliphatic rings. The SMILES string of the molecule is CS(=O)(=O)CCCNCc1ncc[nH]1. The minimum atomic E-state index is -2.82. The van der Waals surface area contributed by atoms with E-state index in [-0.39, 0.29) is 5.75 Å². The lowest BCUT2D eigenvalue weighted by Crippen LogP contribution is -2.18. The Kier molecular flexibility index (Phi) is 4.09. The molecule has 0 aliphatic heterocycles. The van der Waals surface area contributed by atoms with E-state index in [0.717, 1.165) is 5.82 Å². The van der Waals surface area contributed by atoms with Crippen LogP contribution in [0.3, 0.4) is 0 Å². The molecule has 1 aromatic rings. The van der Waals surface area contributed by atoms with E-state index in [4.69, 9.17) is 0 Å². The van der Waals surface area contributed by atoms with Gasteiger partial charge < -0.3 is 10.3 Å². The van der Waals surface area contributed by atoms with Crippen molar-refractivity contribution in [1.29, 1.82) is 0 Å². The van der Waals surface area contributed by atoms with Crippen molar-refractivity contribution < 1.29 is 8.42 Å². The fourth-order valence-electron chi connectivity index (χ4n) is 1.06. The van der Waals surface area contributed by atoms with Gasteiger partial charge in [-0.05, 0) is 13.0 Å². The van der Waals surface area contributed by atoms with Crippen molar-refractivity contribution >= 4 is 9.84 Å². The number of hydrogen-bond donors (Lipinski definition) is 2. The molecule has 0 aliphatic carbocycles. The van der Waals surface area contributed by atoms with Gasteiger partial charge in [-0.2, -0.15) is 0 Å². The van der Waals surface area contributed by atoms with Gasteiger partial charge in [-0.3, -0.25) is 0 Å². The molecule has 1 aromatic heterocycles. The molecule has 1 heterocycles. The van der Waals surface area contributed by atoms with E-state index >= 15 is 0 Å². The third-order valence-corrected chi connectivity index (χ3v) is 2.75. The van der Waals surface area contributed by atoms with E-state index in [1.54, 1.807) is 12.4 Å². The molecular weight excluding hydrogens is 202 g/mol. The summed E-state index contributed by atoms with van der Waals surface area (Å²) in [5.74, 6) is 1.10. The lowest BCUT2D eigenvalue weighted by Gasteiger charge is -2.01. The van der Waals surface area contributed by atoms with Crippen molar-refractivity contribution in [3.63, 3.8) is 0 Å². The van der Waals surface area contributed by atoms with Crippen LogP contribution in [0.2, 0.25) is 0 Å². The molecule has 2 N–H and O–H groups in total. The minimum Gasteiger partial charge on any atom is -0.348 e. The Bertz CT molecular complexity index is 345. The van der Waals surface area contributed by atoms with E-state index < -0.39 is 9.84 Å². The lowest BCUT2D eigenvalue weighted by molar-refractivity contribution is 0.593. The quantitative estimate of drug-likeness (QED) is 0.654. The number of aromatic nitrogens is 2. The Labute approximate surface area is 83.9 Å². The molecular formula is C8H15N3O2S. The highest BCUT2D eigenvalue weighted by Crippen LogP contribution is 1.89. The number of imidazole rings is 1. The summed E-state index contributed by atoms with van der Waals surface area (Å²) in [5, 5.41) is 3.10. The zero-order valence-corrected chi connectivity index (χ0v) is 8.97. The van der Waals surface area contributed by atoms with Gasteiger partial charge in [-0.25, -0.2) is 13.4 Å². The zero-order valence-electron chi connectivity index (χ0n) is 8.16. The number of aromatic amines is 1. The largest absolute Gasteiger partial charge is 0.348 e. The average Bonchev–Trinajstić information content (AvgIpc) is 2.54. The molecule has 14 heavy (non-hydrogen) atoms. The first-order valence-corrected chi connectivity index (χ1v) is 6.51. The molecule has 0 spiro atoms. The number of sulfone groups is 1. The van der Waals surface area contributed by atoms with Crippen molar-refractivity contribution in [2.45, 2.75) is 13.0 Å². The lowest BCUT2D eigenvalue weighted by atomic mass is 10.4. The summed E-state index contributed by atoms with van der Waals surface area (Å²) in [5.41, 5.74) is 0. The zero-order chi connectivity index (χ0) is 10.4. The van der Waals surface area contributed by atoms with Crippen LogP contribution in [0.25, 0.3) is 0 Å². The van der Waals surface area contributed by atoms with Gasteiger partial charge in [0.1, 0.15) is 15.7 Å². The Morgan fingerprint density at radius 2 is 2.36 bits per heavy atom. The third kappa shape index (κ3) is 4.98. The highest BCUT2D eigenvalue weighted by atomic mass is 32.2. The van der Waals surface area contributed by atoms with Crippen molar-refractivity contribution in [3.05, 3.63) is 18.2 Å². The number of hydrogen-bond acceptors (Lipinski definition) is 4. The fraction of sp³-hybridized carbons (Fsp3) is 0.625. The first-order valence-electron chi connectivity index (χ1n) is 4.44. The molecule has 0 bridgehead atoms. The predicted octanol–water partition coefficient (Wildman–Crippen LogP) is -0.0660. The molecule has 0 saturated heterocycles. The van der Waals surface area contributed by atoms with E-state index in [1.807, 2.05) is 0 Å². The summed E-state index contributed by atoms with van der Waals surface area (Å²) in [6.07, 6.45) is 5.33. The van der Waals surface area contributed by atoms with E-state index in [9.17, 15) is 8.42 Å². The maximum absolute atomic E-state index is 10.8. The second-order valence-corrected chi connectivity index (χ2v) is 5.46. The average molecular weight is 217 g/mol. The van der Waals surface area contributed by atoms with Crippen LogP contribution in [-0.2, 0) is 16.4 Å². The van der Waals surface area contributed by atoms with Crippen LogP contribution >= 0.6 is 0 Å². The summed E-state index contributed by atoms with van der Waals surface area (Å²) in [6, 6.07) is 0. The Balaban J connectivity index is 2.06. The van der Waals surface area contributed by atoms with E-state index in [2.05, 4.69) is 15.3 Å². The summed E-state index contributed by atoms with van der Waals surface area (Å²) in [7, 11) is -2.82. The van der Waals surface area contributed by atoms with Crippen LogP contribution in [-0.4, -0.2) is 36.9 Å². The van der Waals surface area contributed by atoms with E-state index in [0.29, 0.717) is 19.5 Å². The molecule has 0 fully saturated rings. The Hall–Kier alpha value is -0.880. The van der Waals surface area contributed by atoms with Gasteiger partial charge in [-0.1, -0.05) is 0 Å². The highest BCUT2D eigenvalue weighted by molar-refractivity contribution is 7.90. The van der Waals surface area contributed by atoms with Gasteiger partial charge in [0.15, 0.2) is 0 Å². The Morgan fingerprint density at radius 1 is 1.57 bits per heavy atom. The Morgan fingerprint density at radius 3 is 2.93 bits per heavy atom. The van der Waals surface area contributed by atoms with Gasteiger partial charge >= 0.3 is 0 Å². The fourth-order valence-corrected chi connectivity index (χ4v) is 1.73. The van der Waals surface area contributed by atoms with E-state index in [1.165, 1.54) is 6.26 Å². The van der Waals surface area contributed by atoms with Crippen LogP contribution in [0.1, 0.15) is 12.2 Å². The molecule has 6 heteroatoms. The first kappa shape index (κ1) is 11.2. The molecule has 0 saturated carbocycles. The molecule has 0 atom stereocenters. The van der Waals surface area contributed by atoms with Gasteiger partial charge in [0.25, 0.3) is 0 Å². The molecule has 1 rings (SSSR count). The number of H-pyrrole nitrogens is 1. The van der Waals surface area contributed by atoms with Gasteiger partial charge in [0, 0.05) is 18.6 Å². The maximum Gasteiger partial charge on any atom is 0.147 e. The van der Waals surface area contributed by atoms with Gasteiger partial charge in [-0.15, -0.1) is 0 Å². The van der Waals surface area contributed by atoms with Crippen LogP contribution in [0.15, 0.2) is 12.4 Å². The van der Waals surface area contributed by atoms with Crippen molar-refractivity contribution in [2.24, 2.45) is 0 Å². The van der Waals surface area contributed by atoms with Crippen molar-refractivity contribution in [2.75, 3.05) is 18.6 Å². The van der Waals surface area contributed by atoms with Crippen LogP contribution in [0, 0.1) is 0 Å². The molecule has 0 aromatic carbocycles. The summed E-state index contributed by atoms with van der Waals surface area (Å²) < 4.78 is 21.6. The van der Waals surface area contributed by atoms with Gasteiger partial charge in [0.2, 0.25) is 0 Å². The molecule has 0 unspecified atom stereocenters. The van der Waals surface area contributed by atoms with Gasteiger partial charge in [0.05, 0.1) is 12.3 Å². The van der Waals surface area contributed by atoms with Crippen LogP contribution in [0.4, 0.5) is 0 Å². The second-order valence-electron chi connectivity index (χ2n) is 3.20. The number of nitrogens with one attached hydrogen (secondary N) is 2. The van der Waals surface area contributed by atoms with Crippen LogP contribution < -0.4 is 5.32 Å². The standard InChI is InChI=1S/C8H15N3O2S/c1-14(12,13)6-2-3-9-7-8-10-4-5-11-8/h4-5,9H,2-3,6-7H2,1H3,(H,10,11). The molecule has 80 valence electrons. The molecule has 5 nitrogen and oxygen atoms in total. The smallest absolute Gasteiger partial charge is 0.147 e. The predicted molar refractivity (Wildman–Crippen MR) is 54.6 cm³/mol. The second kappa shape index (κ2) is 5.11. The third-order valence-electron chi connectivity index (χ3n) is 1.72. The van der Waals surface area contributed by atoms with Crippen molar-refractivity contribution in [3.8, 4) is 0 Å². The molecule has 0 radical (unpaired) electrons. The first-order chi connectivity index (χ1) is 6.58. The number of nitrogens with zero attached hydrogens (tertiary/aromatic N) is 1. The summed E-state index contributed by atoms with van der Waals surface area (Å²) in [6.45, 7) is 1.34. The summed E-state index contributed by atoms with van der Waals surface area (Å²) in [4.78, 5) is 6.98. The maximum atomic E-state index is 10.8. The topological polar surface area (TPSA) is 74.8 Å². The monoisotopic (exact) mass is 217 g/mol. The summed E-state index contributed by atoms with van der Waals surface area (Å²) >= 11 is 0. The highest BCUT2D eigenvalue weighted by Gasteiger charge is 2.00.